The van der Waals surface area contributed by atoms with Crippen LogP contribution in [0.4, 0.5) is 5.69 Å². The van der Waals surface area contributed by atoms with Crippen LogP contribution >= 0.6 is 0 Å². The third-order valence-corrected chi connectivity index (χ3v) is 4.24. The molecule has 144 valence electrons. The van der Waals surface area contributed by atoms with Crippen LogP contribution in [0.2, 0.25) is 0 Å². The van der Waals surface area contributed by atoms with Gasteiger partial charge in [0.2, 0.25) is 0 Å². The molecule has 0 amide bonds. The summed E-state index contributed by atoms with van der Waals surface area (Å²) in [5.74, 6) is 2.10. The van der Waals surface area contributed by atoms with Crippen molar-refractivity contribution in [3.8, 4) is 11.5 Å². The van der Waals surface area contributed by atoms with Crippen LogP contribution in [0.5, 0.6) is 11.5 Å². The van der Waals surface area contributed by atoms with Gasteiger partial charge in [-0.1, -0.05) is 29.8 Å². The number of guanidine groups is 1. The summed E-state index contributed by atoms with van der Waals surface area (Å²) in [4.78, 5) is 4.51. The maximum absolute atomic E-state index is 10.4. The Labute approximate surface area is 160 Å². The van der Waals surface area contributed by atoms with Crippen LogP contribution in [-0.2, 0) is 0 Å². The second kappa shape index (κ2) is 9.28. The van der Waals surface area contributed by atoms with Gasteiger partial charge in [-0.05, 0) is 31.5 Å². The zero-order valence-corrected chi connectivity index (χ0v) is 15.9. The van der Waals surface area contributed by atoms with Crippen LogP contribution in [0.15, 0.2) is 47.5 Å². The lowest BCUT2D eigenvalue weighted by atomic mass is 10.1. The fraction of sp³-hybridized carbons (Fsp3) is 0.381. The number of fused-ring (bicyclic) bond motifs is 1. The maximum Gasteiger partial charge on any atom is 0.195 e. The minimum atomic E-state index is -0.648. The average Bonchev–Trinajstić information content (AvgIpc) is 2.91. The van der Waals surface area contributed by atoms with Gasteiger partial charge in [-0.2, -0.15) is 0 Å². The lowest BCUT2D eigenvalue weighted by molar-refractivity contribution is 0.187. The van der Waals surface area contributed by atoms with Crippen molar-refractivity contribution < 1.29 is 14.6 Å². The average molecular weight is 369 g/mol. The highest BCUT2D eigenvalue weighted by atomic mass is 16.5. The molecule has 0 spiro atoms. The Balaban J connectivity index is 1.68. The first-order chi connectivity index (χ1) is 13.2. The molecule has 27 heavy (non-hydrogen) atoms. The smallest absolute Gasteiger partial charge is 0.195 e. The zero-order chi connectivity index (χ0) is 19.1. The van der Waals surface area contributed by atoms with Crippen molar-refractivity contribution in [1.29, 1.82) is 0 Å². The summed E-state index contributed by atoms with van der Waals surface area (Å²) in [5.41, 5.74) is 2.87. The van der Waals surface area contributed by atoms with E-state index in [9.17, 15) is 5.11 Å². The summed E-state index contributed by atoms with van der Waals surface area (Å²) in [5, 5.41) is 16.8. The van der Waals surface area contributed by atoms with Gasteiger partial charge >= 0.3 is 0 Å². The number of hydrogen-bond acceptors (Lipinski definition) is 4. The molecule has 1 unspecified atom stereocenters. The molecular formula is C21H27N3O3. The molecule has 1 atom stereocenters. The van der Waals surface area contributed by atoms with Gasteiger partial charge in [0.25, 0.3) is 0 Å². The summed E-state index contributed by atoms with van der Waals surface area (Å²) in [6, 6.07) is 13.6. The van der Waals surface area contributed by atoms with Gasteiger partial charge in [0.15, 0.2) is 17.5 Å². The van der Waals surface area contributed by atoms with Gasteiger partial charge < -0.3 is 25.2 Å². The van der Waals surface area contributed by atoms with Crippen LogP contribution < -0.4 is 20.1 Å². The van der Waals surface area contributed by atoms with Crippen LogP contribution in [0, 0.1) is 6.92 Å². The van der Waals surface area contributed by atoms with Gasteiger partial charge in [-0.25, -0.2) is 4.99 Å². The van der Waals surface area contributed by atoms with Crippen LogP contribution in [0.25, 0.3) is 0 Å². The van der Waals surface area contributed by atoms with E-state index >= 15 is 0 Å². The first-order valence-electron chi connectivity index (χ1n) is 9.35. The van der Waals surface area contributed by atoms with E-state index in [-0.39, 0.29) is 6.54 Å². The van der Waals surface area contributed by atoms with Gasteiger partial charge in [0, 0.05) is 24.7 Å². The van der Waals surface area contributed by atoms with Gasteiger partial charge in [0.05, 0.1) is 25.9 Å². The topological polar surface area (TPSA) is 75.1 Å². The molecule has 0 aliphatic carbocycles. The molecule has 1 heterocycles. The monoisotopic (exact) mass is 369 g/mol. The molecule has 0 radical (unpaired) electrons. The van der Waals surface area contributed by atoms with E-state index in [2.05, 4.69) is 15.6 Å². The van der Waals surface area contributed by atoms with Crippen molar-refractivity contribution in [3.63, 3.8) is 0 Å². The molecule has 0 aromatic heterocycles. The van der Waals surface area contributed by atoms with Crippen molar-refractivity contribution in [2.75, 3.05) is 31.6 Å². The number of hydrogen-bond donors (Lipinski definition) is 3. The predicted molar refractivity (Wildman–Crippen MR) is 108 cm³/mol. The number of aliphatic hydroxyl groups is 1. The van der Waals surface area contributed by atoms with Gasteiger partial charge in [0.1, 0.15) is 0 Å². The number of aliphatic hydroxyl groups excluding tert-OH is 1. The molecule has 0 saturated heterocycles. The Kier molecular flexibility index (Phi) is 6.54. The fourth-order valence-corrected chi connectivity index (χ4v) is 2.76. The summed E-state index contributed by atoms with van der Waals surface area (Å²) < 4.78 is 11.4. The highest BCUT2D eigenvalue weighted by molar-refractivity contribution is 5.93. The number of nitrogens with one attached hydrogen (secondary N) is 2. The number of aliphatic imine (C=N–C) groups is 1. The van der Waals surface area contributed by atoms with Gasteiger partial charge in [-0.3, -0.25) is 0 Å². The summed E-state index contributed by atoms with van der Waals surface area (Å²) in [6.45, 7) is 6.33. The molecule has 0 fully saturated rings. The second-order valence-corrected chi connectivity index (χ2v) is 6.48. The number of ether oxygens (including phenoxy) is 2. The van der Waals surface area contributed by atoms with Crippen molar-refractivity contribution in [2.45, 2.75) is 26.4 Å². The predicted octanol–water partition coefficient (Wildman–Crippen LogP) is 3.27. The lowest BCUT2D eigenvalue weighted by Crippen LogP contribution is -2.31. The van der Waals surface area contributed by atoms with E-state index < -0.39 is 6.10 Å². The Bertz CT molecular complexity index is 775. The molecule has 2 aromatic rings. The summed E-state index contributed by atoms with van der Waals surface area (Å²) in [6.07, 6.45) is 0.225. The molecule has 3 rings (SSSR count). The van der Waals surface area contributed by atoms with E-state index in [0.29, 0.717) is 19.2 Å². The van der Waals surface area contributed by atoms with E-state index in [0.717, 1.165) is 35.7 Å². The molecule has 1 aliphatic rings. The standard InChI is InChI=1S/C21H27N3O3/c1-3-22-21(23-14-18(25)16-7-5-15(2)6-8-16)24-17-9-10-19-20(13-17)27-12-4-11-26-19/h5-10,13,18,25H,3-4,11-12,14H2,1-2H3,(H2,22,23,24). The van der Waals surface area contributed by atoms with E-state index in [1.807, 2.05) is 56.3 Å². The molecule has 1 aliphatic heterocycles. The molecule has 3 N–H and O–H groups in total. The third kappa shape index (κ3) is 5.37. The summed E-state index contributed by atoms with van der Waals surface area (Å²) >= 11 is 0. The molecular weight excluding hydrogens is 342 g/mol. The first kappa shape index (κ1) is 19.0. The number of aryl methyl sites for hydroxylation is 1. The fourth-order valence-electron chi connectivity index (χ4n) is 2.76. The number of nitrogens with zero attached hydrogens (tertiary/aromatic N) is 1. The van der Waals surface area contributed by atoms with Gasteiger partial charge in [-0.15, -0.1) is 0 Å². The van der Waals surface area contributed by atoms with Crippen molar-refractivity contribution in [3.05, 3.63) is 53.6 Å². The lowest BCUT2D eigenvalue weighted by Gasteiger charge is -2.15. The van der Waals surface area contributed by atoms with Crippen LogP contribution in [0.3, 0.4) is 0 Å². The van der Waals surface area contributed by atoms with E-state index in [1.165, 1.54) is 5.56 Å². The number of benzene rings is 2. The SMILES string of the molecule is CCNC(=NCC(O)c1ccc(C)cc1)Nc1ccc2c(c1)OCCCO2. The highest BCUT2D eigenvalue weighted by Crippen LogP contribution is 2.32. The Hall–Kier alpha value is -2.73. The van der Waals surface area contributed by atoms with E-state index in [1.54, 1.807) is 0 Å². The first-order valence-corrected chi connectivity index (χ1v) is 9.35. The van der Waals surface area contributed by atoms with Crippen molar-refractivity contribution in [2.24, 2.45) is 4.99 Å². The Morgan fingerprint density at radius 1 is 1.11 bits per heavy atom. The molecule has 0 bridgehead atoms. The highest BCUT2D eigenvalue weighted by Gasteiger charge is 2.12. The van der Waals surface area contributed by atoms with Crippen molar-refractivity contribution >= 4 is 11.6 Å². The van der Waals surface area contributed by atoms with Crippen LogP contribution in [0.1, 0.15) is 30.6 Å². The van der Waals surface area contributed by atoms with Crippen molar-refractivity contribution in [1.82, 2.24) is 5.32 Å². The normalized spacial score (nSPS) is 15.0. The summed E-state index contributed by atoms with van der Waals surface area (Å²) in [7, 11) is 0. The number of anilines is 1. The third-order valence-electron chi connectivity index (χ3n) is 4.24. The Morgan fingerprint density at radius 3 is 2.59 bits per heavy atom. The minimum absolute atomic E-state index is 0.267. The molecule has 0 saturated carbocycles. The minimum Gasteiger partial charge on any atom is -0.490 e. The quantitative estimate of drug-likeness (QED) is 0.557. The van der Waals surface area contributed by atoms with E-state index in [4.69, 9.17) is 9.47 Å². The van der Waals surface area contributed by atoms with Crippen LogP contribution in [-0.4, -0.2) is 37.4 Å². The maximum atomic E-state index is 10.4. The Morgan fingerprint density at radius 2 is 1.85 bits per heavy atom. The number of rotatable bonds is 5. The zero-order valence-electron chi connectivity index (χ0n) is 15.9. The largest absolute Gasteiger partial charge is 0.490 e. The second-order valence-electron chi connectivity index (χ2n) is 6.48. The molecule has 6 nitrogen and oxygen atoms in total. The molecule has 2 aromatic carbocycles. The molecule has 6 heteroatoms.